The molecule has 102 valence electrons. The molecule has 0 aliphatic rings. The van der Waals surface area contributed by atoms with Gasteiger partial charge >= 0.3 is 0 Å². The second kappa shape index (κ2) is 8.15. The van der Waals surface area contributed by atoms with Gasteiger partial charge in [0, 0.05) is 18.3 Å². The van der Waals surface area contributed by atoms with E-state index in [9.17, 15) is 0 Å². The number of nitrogens with two attached hydrogens (primary N) is 1. The highest BCUT2D eigenvalue weighted by Crippen LogP contribution is 2.24. The first-order chi connectivity index (χ1) is 8.74. The summed E-state index contributed by atoms with van der Waals surface area (Å²) in [5.74, 6) is 0. The van der Waals surface area contributed by atoms with Gasteiger partial charge in [0.25, 0.3) is 0 Å². The molecule has 2 nitrogen and oxygen atoms in total. The number of benzene rings is 1. The second-order valence-corrected chi connectivity index (χ2v) is 4.97. The number of hydrogen-bond acceptors (Lipinski definition) is 2. The van der Waals surface area contributed by atoms with Crippen LogP contribution < -0.4 is 10.6 Å². The molecule has 18 heavy (non-hydrogen) atoms. The van der Waals surface area contributed by atoms with Crippen molar-refractivity contribution in [1.82, 2.24) is 0 Å². The van der Waals surface area contributed by atoms with E-state index in [0.29, 0.717) is 6.04 Å². The zero-order valence-electron chi connectivity index (χ0n) is 12.2. The Labute approximate surface area is 112 Å². The minimum absolute atomic E-state index is 0.593. The lowest BCUT2D eigenvalue weighted by molar-refractivity contribution is 0.593. The second-order valence-electron chi connectivity index (χ2n) is 4.97. The molecule has 1 atom stereocenters. The van der Waals surface area contributed by atoms with Crippen LogP contribution >= 0.6 is 0 Å². The van der Waals surface area contributed by atoms with Crippen LogP contribution in [-0.4, -0.2) is 19.1 Å². The van der Waals surface area contributed by atoms with Gasteiger partial charge in [-0.05, 0) is 44.4 Å². The molecule has 0 radical (unpaired) electrons. The molecular formula is C16H28N2. The largest absolute Gasteiger partial charge is 0.369 e. The van der Waals surface area contributed by atoms with Gasteiger partial charge in [0.2, 0.25) is 0 Å². The number of anilines is 1. The molecule has 0 spiro atoms. The lowest BCUT2D eigenvalue weighted by atomic mass is 10.1. The van der Waals surface area contributed by atoms with Crippen LogP contribution in [0.15, 0.2) is 24.3 Å². The van der Waals surface area contributed by atoms with Crippen molar-refractivity contribution in [2.24, 2.45) is 5.73 Å². The molecule has 0 saturated carbocycles. The smallest absolute Gasteiger partial charge is 0.0401 e. The van der Waals surface area contributed by atoms with Gasteiger partial charge < -0.3 is 10.6 Å². The Kier molecular flexibility index (Phi) is 6.81. The van der Waals surface area contributed by atoms with Gasteiger partial charge in [0.1, 0.15) is 0 Å². The summed E-state index contributed by atoms with van der Waals surface area (Å²) in [6, 6.07) is 9.30. The summed E-state index contributed by atoms with van der Waals surface area (Å²) < 4.78 is 0. The first kappa shape index (κ1) is 15.0. The first-order valence-electron chi connectivity index (χ1n) is 7.29. The van der Waals surface area contributed by atoms with Crippen LogP contribution in [0.2, 0.25) is 0 Å². The molecule has 1 unspecified atom stereocenters. The molecule has 1 aromatic carbocycles. The molecule has 0 heterocycles. The Balaban J connectivity index is 2.95. The molecule has 0 amide bonds. The summed E-state index contributed by atoms with van der Waals surface area (Å²) in [5, 5.41) is 0. The predicted molar refractivity (Wildman–Crippen MR) is 81.2 cm³/mol. The molecule has 2 heteroatoms. The molecular weight excluding hydrogens is 220 g/mol. The van der Waals surface area contributed by atoms with Crippen LogP contribution in [0.5, 0.6) is 0 Å². The summed E-state index contributed by atoms with van der Waals surface area (Å²) >= 11 is 0. The normalized spacial score (nSPS) is 12.4. The fourth-order valence-electron chi connectivity index (χ4n) is 2.29. The van der Waals surface area contributed by atoms with Crippen molar-refractivity contribution in [1.29, 1.82) is 0 Å². The highest BCUT2D eigenvalue weighted by atomic mass is 15.2. The lowest BCUT2D eigenvalue weighted by Crippen LogP contribution is -2.34. The van der Waals surface area contributed by atoms with E-state index >= 15 is 0 Å². The highest BCUT2D eigenvalue weighted by molar-refractivity contribution is 5.54. The van der Waals surface area contributed by atoms with Crippen LogP contribution in [0.4, 0.5) is 5.69 Å². The van der Waals surface area contributed by atoms with Gasteiger partial charge in [0.05, 0.1) is 0 Å². The van der Waals surface area contributed by atoms with Gasteiger partial charge in [-0.3, -0.25) is 0 Å². The fraction of sp³-hybridized carbons (Fsp3) is 0.625. The number of rotatable bonds is 8. The van der Waals surface area contributed by atoms with E-state index in [4.69, 9.17) is 5.73 Å². The minimum Gasteiger partial charge on any atom is -0.369 e. The Hall–Kier alpha value is -1.02. The predicted octanol–water partition coefficient (Wildman–Crippen LogP) is 3.59. The zero-order chi connectivity index (χ0) is 13.4. The van der Waals surface area contributed by atoms with Gasteiger partial charge in [0.15, 0.2) is 0 Å². The van der Waals surface area contributed by atoms with Gasteiger partial charge in [-0.15, -0.1) is 0 Å². The van der Waals surface area contributed by atoms with E-state index in [1.165, 1.54) is 30.5 Å². The number of hydrogen-bond donors (Lipinski definition) is 1. The molecule has 1 aromatic rings. The maximum atomic E-state index is 5.72. The molecule has 0 aromatic heterocycles. The van der Waals surface area contributed by atoms with Crippen LogP contribution in [-0.2, 0) is 6.42 Å². The summed E-state index contributed by atoms with van der Waals surface area (Å²) in [7, 11) is 0. The average Bonchev–Trinajstić information content (AvgIpc) is 2.40. The van der Waals surface area contributed by atoms with Gasteiger partial charge in [-0.1, -0.05) is 38.5 Å². The van der Waals surface area contributed by atoms with Crippen molar-refractivity contribution in [2.75, 3.05) is 18.0 Å². The standard InChI is InChI=1S/C16H28N2/c1-4-6-13-18(14(3)5-2)16-10-8-7-9-15(16)11-12-17/h7-10,14H,4-6,11-13,17H2,1-3H3. The maximum absolute atomic E-state index is 5.72. The third-order valence-corrected chi connectivity index (χ3v) is 3.59. The molecule has 2 N–H and O–H groups in total. The summed E-state index contributed by atoms with van der Waals surface area (Å²) in [6.45, 7) is 8.69. The summed E-state index contributed by atoms with van der Waals surface area (Å²) in [6.07, 6.45) is 4.64. The zero-order valence-corrected chi connectivity index (χ0v) is 12.2. The average molecular weight is 248 g/mol. The fourth-order valence-corrected chi connectivity index (χ4v) is 2.29. The van der Waals surface area contributed by atoms with Crippen molar-refractivity contribution in [2.45, 2.75) is 52.5 Å². The Morgan fingerprint density at radius 1 is 1.22 bits per heavy atom. The monoisotopic (exact) mass is 248 g/mol. The molecule has 0 fully saturated rings. The summed E-state index contributed by atoms with van der Waals surface area (Å²) in [4.78, 5) is 2.55. The summed E-state index contributed by atoms with van der Waals surface area (Å²) in [5.41, 5.74) is 8.49. The first-order valence-corrected chi connectivity index (χ1v) is 7.29. The van der Waals surface area contributed by atoms with Crippen molar-refractivity contribution in [3.8, 4) is 0 Å². The Morgan fingerprint density at radius 3 is 2.56 bits per heavy atom. The van der Waals surface area contributed by atoms with Gasteiger partial charge in [-0.2, -0.15) is 0 Å². The van der Waals surface area contributed by atoms with Crippen molar-refractivity contribution >= 4 is 5.69 Å². The van der Waals surface area contributed by atoms with Gasteiger partial charge in [-0.25, -0.2) is 0 Å². The van der Waals surface area contributed by atoms with E-state index in [2.05, 4.69) is 49.9 Å². The van der Waals surface area contributed by atoms with Crippen molar-refractivity contribution in [3.05, 3.63) is 29.8 Å². The maximum Gasteiger partial charge on any atom is 0.0401 e. The van der Waals surface area contributed by atoms with E-state index in [1.54, 1.807) is 0 Å². The quantitative estimate of drug-likeness (QED) is 0.761. The SMILES string of the molecule is CCCCN(c1ccccc1CCN)C(C)CC. The van der Waals surface area contributed by atoms with Crippen LogP contribution in [0.3, 0.4) is 0 Å². The Bertz CT molecular complexity index is 336. The molecule has 1 rings (SSSR count). The number of unbranched alkanes of at least 4 members (excludes halogenated alkanes) is 1. The molecule has 0 aliphatic heterocycles. The highest BCUT2D eigenvalue weighted by Gasteiger charge is 2.15. The van der Waals surface area contributed by atoms with Crippen LogP contribution in [0.1, 0.15) is 45.6 Å². The number of nitrogens with zero attached hydrogens (tertiary/aromatic N) is 1. The van der Waals surface area contributed by atoms with E-state index < -0.39 is 0 Å². The molecule has 0 saturated heterocycles. The van der Waals surface area contributed by atoms with Crippen molar-refractivity contribution in [3.63, 3.8) is 0 Å². The van der Waals surface area contributed by atoms with E-state index in [0.717, 1.165) is 19.5 Å². The number of para-hydroxylation sites is 1. The van der Waals surface area contributed by atoms with Crippen LogP contribution in [0, 0.1) is 0 Å². The topological polar surface area (TPSA) is 29.3 Å². The van der Waals surface area contributed by atoms with E-state index in [-0.39, 0.29) is 0 Å². The lowest BCUT2D eigenvalue weighted by Gasteiger charge is -2.32. The van der Waals surface area contributed by atoms with Crippen molar-refractivity contribution < 1.29 is 0 Å². The third-order valence-electron chi connectivity index (χ3n) is 3.59. The third kappa shape index (κ3) is 4.02. The van der Waals surface area contributed by atoms with E-state index in [1.807, 2.05) is 0 Å². The molecule has 0 aliphatic carbocycles. The molecule has 0 bridgehead atoms. The Morgan fingerprint density at radius 2 is 1.94 bits per heavy atom. The van der Waals surface area contributed by atoms with Crippen LogP contribution in [0.25, 0.3) is 0 Å². The minimum atomic E-state index is 0.593.